The van der Waals surface area contributed by atoms with Crippen molar-refractivity contribution in [3.05, 3.63) is 42.2 Å². The quantitative estimate of drug-likeness (QED) is 0.462. The van der Waals surface area contributed by atoms with Gasteiger partial charge in [-0.2, -0.15) is 0 Å². The molecule has 0 amide bonds. The minimum atomic E-state index is -4.00. The van der Waals surface area contributed by atoms with Crippen LogP contribution in [0.25, 0.3) is 0 Å². The number of hydrogen-bond acceptors (Lipinski definition) is 3. The van der Waals surface area contributed by atoms with Gasteiger partial charge in [-0.15, -0.1) is 0 Å². The second-order valence-corrected chi connectivity index (χ2v) is 7.82. The Morgan fingerprint density at radius 3 is 2.29 bits per heavy atom. The minimum absolute atomic E-state index is 0.0226. The lowest BCUT2D eigenvalue weighted by Gasteiger charge is -2.23. The minimum Gasteiger partial charge on any atom is -0.481 e. The highest BCUT2D eigenvalue weighted by Crippen LogP contribution is 2.48. The van der Waals surface area contributed by atoms with E-state index in [-0.39, 0.29) is 24.6 Å². The van der Waals surface area contributed by atoms with E-state index in [1.165, 1.54) is 24.3 Å². The number of aliphatic carboxylic acids is 2. The molecule has 0 saturated carbocycles. The highest BCUT2D eigenvalue weighted by Gasteiger charge is 2.35. The largest absolute Gasteiger partial charge is 0.481 e. The van der Waals surface area contributed by atoms with Crippen LogP contribution in [0.2, 0.25) is 0 Å². The lowest BCUT2D eigenvalue weighted by molar-refractivity contribution is -0.143. The SMILES string of the molecule is CC=CC(CC(CCC(=O)O)C(=O)O)P(=O)(O)c1ccc(F)cc1. The standard InChI is InChI=1S/C16H20FO6P/c1-2-3-14(10-11(16(20)21)4-9-15(18)19)24(22,23)13-7-5-12(17)6-8-13/h2-3,5-8,11,14H,4,9-10H2,1H3,(H,18,19)(H,20,21)(H,22,23). The first-order valence-corrected chi connectivity index (χ1v) is 9.07. The van der Waals surface area contributed by atoms with Crippen molar-refractivity contribution in [3.8, 4) is 0 Å². The molecule has 3 unspecified atom stereocenters. The van der Waals surface area contributed by atoms with Crippen molar-refractivity contribution in [3.63, 3.8) is 0 Å². The van der Waals surface area contributed by atoms with E-state index in [4.69, 9.17) is 5.11 Å². The van der Waals surface area contributed by atoms with Crippen molar-refractivity contribution in [2.75, 3.05) is 0 Å². The van der Waals surface area contributed by atoms with Crippen molar-refractivity contribution in [1.29, 1.82) is 0 Å². The van der Waals surface area contributed by atoms with Crippen molar-refractivity contribution >= 4 is 24.6 Å². The summed E-state index contributed by atoms with van der Waals surface area (Å²) in [5, 5.41) is 18.0. The highest BCUT2D eigenvalue weighted by atomic mass is 31.2. The fourth-order valence-electron chi connectivity index (χ4n) is 2.34. The first kappa shape index (κ1) is 20.1. The smallest absolute Gasteiger partial charge is 0.306 e. The van der Waals surface area contributed by atoms with Crippen LogP contribution in [0.5, 0.6) is 0 Å². The number of carboxylic acids is 2. The van der Waals surface area contributed by atoms with Crippen molar-refractivity contribution in [2.45, 2.75) is 31.8 Å². The number of rotatable bonds is 9. The molecule has 24 heavy (non-hydrogen) atoms. The summed E-state index contributed by atoms with van der Waals surface area (Å²) in [5.74, 6) is -3.96. The summed E-state index contributed by atoms with van der Waals surface area (Å²) in [6, 6.07) is 4.51. The molecule has 3 N–H and O–H groups in total. The second-order valence-electron chi connectivity index (χ2n) is 5.40. The lowest BCUT2D eigenvalue weighted by atomic mass is 9.97. The van der Waals surface area contributed by atoms with Crippen LogP contribution >= 0.6 is 7.37 Å². The highest BCUT2D eigenvalue weighted by molar-refractivity contribution is 7.67. The Bertz CT molecular complexity index is 655. The zero-order valence-electron chi connectivity index (χ0n) is 13.1. The molecular weight excluding hydrogens is 338 g/mol. The molecule has 0 aromatic heterocycles. The Balaban J connectivity index is 3.06. The Labute approximate surface area is 139 Å². The number of carbonyl (C=O) groups is 2. The molecule has 0 fully saturated rings. The molecule has 0 spiro atoms. The van der Waals surface area contributed by atoms with E-state index < -0.39 is 36.7 Å². The molecule has 0 aliphatic carbocycles. The molecule has 8 heteroatoms. The van der Waals surface area contributed by atoms with Crippen LogP contribution in [-0.2, 0) is 14.2 Å². The molecule has 132 valence electrons. The number of halogens is 1. The van der Waals surface area contributed by atoms with Gasteiger partial charge in [-0.05, 0) is 44.0 Å². The maximum Gasteiger partial charge on any atom is 0.306 e. The van der Waals surface area contributed by atoms with E-state index in [0.29, 0.717) is 0 Å². The van der Waals surface area contributed by atoms with Gasteiger partial charge in [0, 0.05) is 11.7 Å². The van der Waals surface area contributed by atoms with E-state index in [9.17, 15) is 28.5 Å². The molecule has 0 radical (unpaired) electrons. The van der Waals surface area contributed by atoms with Crippen LogP contribution in [0.15, 0.2) is 36.4 Å². The molecule has 0 heterocycles. The van der Waals surface area contributed by atoms with E-state index in [1.807, 2.05) is 0 Å². The summed E-state index contributed by atoms with van der Waals surface area (Å²) in [6.45, 7) is 1.63. The zero-order valence-corrected chi connectivity index (χ0v) is 14.0. The van der Waals surface area contributed by atoms with Gasteiger partial charge in [-0.3, -0.25) is 14.2 Å². The Morgan fingerprint density at radius 1 is 1.25 bits per heavy atom. The summed E-state index contributed by atoms with van der Waals surface area (Å²) < 4.78 is 25.8. The molecule has 0 aliphatic rings. The van der Waals surface area contributed by atoms with Crippen LogP contribution in [-0.4, -0.2) is 32.7 Å². The van der Waals surface area contributed by atoms with Crippen molar-refractivity contribution in [2.24, 2.45) is 5.92 Å². The second kappa shape index (κ2) is 8.76. The molecule has 6 nitrogen and oxygen atoms in total. The molecule has 1 aromatic carbocycles. The van der Waals surface area contributed by atoms with E-state index in [0.717, 1.165) is 12.1 Å². The normalized spacial score (nSPS) is 16.5. The lowest BCUT2D eigenvalue weighted by Crippen LogP contribution is -2.24. The molecular formula is C16H20FO6P. The molecule has 0 aliphatic heterocycles. The third-order valence-electron chi connectivity index (χ3n) is 3.64. The predicted molar refractivity (Wildman–Crippen MR) is 87.1 cm³/mol. The van der Waals surface area contributed by atoms with Gasteiger partial charge in [0.1, 0.15) is 5.82 Å². The molecule has 1 rings (SSSR count). The van der Waals surface area contributed by atoms with Gasteiger partial charge in [0.25, 0.3) is 0 Å². The summed E-state index contributed by atoms with van der Waals surface area (Å²) >= 11 is 0. The summed E-state index contributed by atoms with van der Waals surface area (Å²) in [6.07, 6.45) is 2.31. The average Bonchev–Trinajstić information content (AvgIpc) is 2.50. The fourth-order valence-corrected chi connectivity index (χ4v) is 4.24. The molecule has 0 bridgehead atoms. The zero-order chi connectivity index (χ0) is 18.3. The first-order chi connectivity index (χ1) is 11.2. The summed E-state index contributed by atoms with van der Waals surface area (Å²) in [7, 11) is -4.00. The maximum absolute atomic E-state index is 13.0. The van der Waals surface area contributed by atoms with E-state index >= 15 is 0 Å². The molecule has 0 saturated heterocycles. The molecule has 3 atom stereocenters. The average molecular weight is 358 g/mol. The monoisotopic (exact) mass is 358 g/mol. The molecule has 1 aromatic rings. The van der Waals surface area contributed by atoms with Crippen LogP contribution in [0.4, 0.5) is 4.39 Å². The predicted octanol–water partition coefficient (Wildman–Crippen LogP) is 2.62. The Morgan fingerprint density at radius 2 is 1.83 bits per heavy atom. The van der Waals surface area contributed by atoms with Gasteiger partial charge in [0.15, 0.2) is 0 Å². The van der Waals surface area contributed by atoms with Crippen molar-refractivity contribution < 1.29 is 33.7 Å². The number of benzene rings is 1. The summed E-state index contributed by atoms with van der Waals surface area (Å²) in [5.41, 5.74) is -0.997. The first-order valence-electron chi connectivity index (χ1n) is 7.34. The summed E-state index contributed by atoms with van der Waals surface area (Å²) in [4.78, 5) is 32.4. The van der Waals surface area contributed by atoms with Gasteiger partial charge >= 0.3 is 11.9 Å². The number of hydrogen-bond donors (Lipinski definition) is 3. The van der Waals surface area contributed by atoms with E-state index in [2.05, 4.69) is 0 Å². The Hall–Kier alpha value is -1.98. The number of carboxylic acid groups (broad SMARTS) is 2. The van der Waals surface area contributed by atoms with Crippen molar-refractivity contribution in [1.82, 2.24) is 0 Å². The third kappa shape index (κ3) is 5.58. The third-order valence-corrected chi connectivity index (χ3v) is 5.96. The number of allylic oxidation sites excluding steroid dienone is 2. The Kier molecular flexibility index (Phi) is 7.32. The fraction of sp³-hybridized carbons (Fsp3) is 0.375. The maximum atomic E-state index is 13.0. The topological polar surface area (TPSA) is 112 Å². The van der Waals surface area contributed by atoms with Gasteiger partial charge in [0.05, 0.1) is 11.6 Å². The van der Waals surface area contributed by atoms with Crippen LogP contribution in [0.1, 0.15) is 26.2 Å². The van der Waals surface area contributed by atoms with Gasteiger partial charge < -0.3 is 15.1 Å². The van der Waals surface area contributed by atoms with Crippen LogP contribution in [0, 0.1) is 11.7 Å². The van der Waals surface area contributed by atoms with Gasteiger partial charge in [-0.1, -0.05) is 12.2 Å². The van der Waals surface area contributed by atoms with E-state index in [1.54, 1.807) is 6.92 Å². The van der Waals surface area contributed by atoms with Gasteiger partial charge in [0.2, 0.25) is 7.37 Å². The van der Waals surface area contributed by atoms with Gasteiger partial charge in [-0.25, -0.2) is 4.39 Å². The van der Waals surface area contributed by atoms with Crippen LogP contribution < -0.4 is 5.30 Å². The van der Waals surface area contributed by atoms with Crippen LogP contribution in [0.3, 0.4) is 0 Å².